The zero-order valence-electron chi connectivity index (χ0n) is 16.7. The molecular formula is C21H25ClN2O4. The van der Waals surface area contributed by atoms with Crippen molar-refractivity contribution in [2.24, 2.45) is 0 Å². The van der Waals surface area contributed by atoms with Crippen LogP contribution in [0.2, 0.25) is 5.02 Å². The third kappa shape index (κ3) is 5.01. The van der Waals surface area contributed by atoms with Crippen LogP contribution in [-0.4, -0.2) is 34.9 Å². The molecule has 0 aliphatic rings. The summed E-state index contributed by atoms with van der Waals surface area (Å²) in [6.07, 6.45) is 0. The summed E-state index contributed by atoms with van der Waals surface area (Å²) in [6, 6.07) is 7.44. The van der Waals surface area contributed by atoms with Crippen molar-refractivity contribution in [3.8, 4) is 0 Å². The molecule has 0 aliphatic heterocycles. The van der Waals surface area contributed by atoms with Crippen LogP contribution in [0.3, 0.4) is 0 Å². The van der Waals surface area contributed by atoms with E-state index in [1.807, 2.05) is 27.7 Å². The number of amides is 1. The van der Waals surface area contributed by atoms with Gasteiger partial charge in [0.2, 0.25) is 5.78 Å². The van der Waals surface area contributed by atoms with E-state index in [0.717, 1.165) is 11.4 Å². The van der Waals surface area contributed by atoms with Gasteiger partial charge in [0.05, 0.1) is 0 Å². The lowest BCUT2D eigenvalue weighted by atomic mass is 10.1. The zero-order valence-corrected chi connectivity index (χ0v) is 17.5. The van der Waals surface area contributed by atoms with Gasteiger partial charge in [-0.05, 0) is 65.0 Å². The fourth-order valence-corrected chi connectivity index (χ4v) is 3.26. The maximum atomic E-state index is 12.5. The minimum atomic E-state index is -0.890. The van der Waals surface area contributed by atoms with Gasteiger partial charge in [0.15, 0.2) is 6.61 Å². The molecule has 0 saturated heterocycles. The minimum absolute atomic E-state index is 0.229. The van der Waals surface area contributed by atoms with Gasteiger partial charge in [0.1, 0.15) is 6.04 Å². The molecule has 0 aliphatic carbocycles. The van der Waals surface area contributed by atoms with Crippen LogP contribution in [0.25, 0.3) is 0 Å². The number of rotatable bonds is 7. The third-order valence-electron chi connectivity index (χ3n) is 4.45. The van der Waals surface area contributed by atoms with Gasteiger partial charge < -0.3 is 14.6 Å². The molecular weight excluding hydrogens is 380 g/mol. The molecule has 7 heteroatoms. The highest BCUT2D eigenvalue weighted by molar-refractivity contribution is 6.30. The van der Waals surface area contributed by atoms with E-state index in [-0.39, 0.29) is 18.4 Å². The molecule has 28 heavy (non-hydrogen) atoms. The molecule has 0 unspecified atom stereocenters. The standard InChI is InChI=1S/C21H25ClN2O4/c1-12(2)24-13(3)10-18(15(24)5)19(25)11-28-21(27)14(4)23-20(26)16-6-8-17(22)9-7-16/h6-10,12,14H,11H2,1-5H3,(H,23,26)/t14-/m0/s1. The highest BCUT2D eigenvalue weighted by atomic mass is 35.5. The van der Waals surface area contributed by atoms with Crippen LogP contribution in [0.5, 0.6) is 0 Å². The largest absolute Gasteiger partial charge is 0.456 e. The fourth-order valence-electron chi connectivity index (χ4n) is 3.13. The Morgan fingerprint density at radius 2 is 1.71 bits per heavy atom. The predicted octanol–water partition coefficient (Wildman–Crippen LogP) is 3.88. The maximum Gasteiger partial charge on any atom is 0.328 e. The number of carbonyl (C=O) groups excluding carboxylic acids is 3. The number of ether oxygens (including phenoxy) is 1. The maximum absolute atomic E-state index is 12.5. The second-order valence-electron chi connectivity index (χ2n) is 6.98. The quantitative estimate of drug-likeness (QED) is 0.561. The number of carbonyl (C=O) groups is 3. The number of benzene rings is 1. The lowest BCUT2D eigenvalue weighted by Crippen LogP contribution is -2.40. The zero-order chi connectivity index (χ0) is 21.0. The van der Waals surface area contributed by atoms with Crippen LogP contribution in [-0.2, 0) is 9.53 Å². The Morgan fingerprint density at radius 3 is 2.25 bits per heavy atom. The number of aromatic nitrogens is 1. The van der Waals surface area contributed by atoms with E-state index < -0.39 is 17.9 Å². The second-order valence-corrected chi connectivity index (χ2v) is 7.42. The molecule has 1 amide bonds. The smallest absolute Gasteiger partial charge is 0.328 e. The van der Waals surface area contributed by atoms with Gasteiger partial charge in [-0.1, -0.05) is 11.6 Å². The van der Waals surface area contributed by atoms with Crippen molar-refractivity contribution in [2.75, 3.05) is 6.61 Å². The Bertz CT molecular complexity index is 885. The van der Waals surface area contributed by atoms with E-state index in [9.17, 15) is 14.4 Å². The van der Waals surface area contributed by atoms with Crippen molar-refractivity contribution < 1.29 is 19.1 Å². The molecule has 1 heterocycles. The molecule has 1 N–H and O–H groups in total. The predicted molar refractivity (Wildman–Crippen MR) is 108 cm³/mol. The third-order valence-corrected chi connectivity index (χ3v) is 4.71. The molecule has 0 bridgehead atoms. The Labute approximate surface area is 169 Å². The number of hydrogen-bond donors (Lipinski definition) is 1. The molecule has 0 fully saturated rings. The summed E-state index contributed by atoms with van der Waals surface area (Å²) >= 11 is 5.79. The number of aryl methyl sites for hydroxylation is 1. The van der Waals surface area contributed by atoms with E-state index in [1.54, 1.807) is 30.3 Å². The van der Waals surface area contributed by atoms with Crippen LogP contribution in [0.1, 0.15) is 58.9 Å². The van der Waals surface area contributed by atoms with Crippen LogP contribution >= 0.6 is 11.6 Å². The summed E-state index contributed by atoms with van der Waals surface area (Å²) in [5, 5.41) is 3.06. The summed E-state index contributed by atoms with van der Waals surface area (Å²) < 4.78 is 7.17. The average molecular weight is 405 g/mol. The Balaban J connectivity index is 1.94. The lowest BCUT2D eigenvalue weighted by molar-refractivity contribution is -0.144. The van der Waals surface area contributed by atoms with Crippen molar-refractivity contribution in [3.05, 3.63) is 57.9 Å². The molecule has 1 aromatic heterocycles. The van der Waals surface area contributed by atoms with Gasteiger partial charge in [0, 0.05) is 33.6 Å². The van der Waals surface area contributed by atoms with Gasteiger partial charge in [0.25, 0.3) is 5.91 Å². The molecule has 1 atom stereocenters. The van der Waals surface area contributed by atoms with Crippen LogP contribution in [0, 0.1) is 13.8 Å². The number of Topliss-reactive ketones (excluding diaryl/α,β-unsaturated/α-hetero) is 1. The minimum Gasteiger partial charge on any atom is -0.456 e. The second kappa shape index (κ2) is 9.06. The summed E-state index contributed by atoms with van der Waals surface area (Å²) in [5.74, 6) is -1.37. The molecule has 6 nitrogen and oxygen atoms in total. The first kappa shape index (κ1) is 21.7. The molecule has 0 spiro atoms. The molecule has 0 radical (unpaired) electrons. The number of ketones is 1. The van der Waals surface area contributed by atoms with Crippen LogP contribution < -0.4 is 5.32 Å². The highest BCUT2D eigenvalue weighted by Crippen LogP contribution is 2.20. The summed E-state index contributed by atoms with van der Waals surface area (Å²) in [4.78, 5) is 36.8. The summed E-state index contributed by atoms with van der Waals surface area (Å²) in [5.41, 5.74) is 2.74. The number of halogens is 1. The van der Waals surface area contributed by atoms with Crippen LogP contribution in [0.15, 0.2) is 30.3 Å². The van der Waals surface area contributed by atoms with E-state index >= 15 is 0 Å². The Morgan fingerprint density at radius 1 is 1.11 bits per heavy atom. The average Bonchev–Trinajstić information content (AvgIpc) is 2.94. The van der Waals surface area contributed by atoms with Crippen LogP contribution in [0.4, 0.5) is 0 Å². The first-order valence-electron chi connectivity index (χ1n) is 9.06. The highest BCUT2D eigenvalue weighted by Gasteiger charge is 2.22. The summed E-state index contributed by atoms with van der Waals surface area (Å²) in [7, 11) is 0. The number of nitrogens with zero attached hydrogens (tertiary/aromatic N) is 1. The van der Waals surface area contributed by atoms with Gasteiger partial charge in [-0.2, -0.15) is 0 Å². The number of hydrogen-bond acceptors (Lipinski definition) is 4. The van der Waals surface area contributed by atoms with E-state index in [1.165, 1.54) is 6.92 Å². The van der Waals surface area contributed by atoms with Crippen molar-refractivity contribution in [3.63, 3.8) is 0 Å². The lowest BCUT2D eigenvalue weighted by Gasteiger charge is -2.14. The first-order chi connectivity index (χ1) is 13.1. The van der Waals surface area contributed by atoms with Gasteiger partial charge in [-0.15, -0.1) is 0 Å². The van der Waals surface area contributed by atoms with Crippen molar-refractivity contribution in [1.82, 2.24) is 9.88 Å². The molecule has 0 saturated carbocycles. The van der Waals surface area contributed by atoms with Gasteiger partial charge in [-0.25, -0.2) is 4.79 Å². The fraction of sp³-hybridized carbons (Fsp3) is 0.381. The van der Waals surface area contributed by atoms with E-state index in [2.05, 4.69) is 9.88 Å². The number of esters is 1. The summed E-state index contributed by atoms with van der Waals surface area (Å²) in [6.45, 7) is 9.02. The monoisotopic (exact) mass is 404 g/mol. The Hall–Kier alpha value is -2.60. The molecule has 2 aromatic rings. The molecule has 1 aromatic carbocycles. The first-order valence-corrected chi connectivity index (χ1v) is 9.44. The van der Waals surface area contributed by atoms with Gasteiger partial charge in [-0.3, -0.25) is 9.59 Å². The van der Waals surface area contributed by atoms with Crippen molar-refractivity contribution in [1.29, 1.82) is 0 Å². The normalized spacial score (nSPS) is 12.0. The van der Waals surface area contributed by atoms with E-state index in [4.69, 9.17) is 16.3 Å². The number of nitrogens with one attached hydrogen (secondary N) is 1. The van der Waals surface area contributed by atoms with Crippen molar-refractivity contribution in [2.45, 2.75) is 46.7 Å². The molecule has 2 rings (SSSR count). The SMILES string of the molecule is Cc1cc(C(=O)COC(=O)[C@H](C)NC(=O)c2ccc(Cl)cc2)c(C)n1C(C)C. The van der Waals surface area contributed by atoms with Gasteiger partial charge >= 0.3 is 5.97 Å². The van der Waals surface area contributed by atoms with E-state index in [0.29, 0.717) is 16.1 Å². The topological polar surface area (TPSA) is 77.4 Å². The Kier molecular flexibility index (Phi) is 7.02. The van der Waals surface area contributed by atoms with Crippen molar-refractivity contribution >= 4 is 29.3 Å². The molecule has 150 valence electrons.